The monoisotopic (exact) mass is 392 g/mol. The van der Waals surface area contributed by atoms with Crippen LogP contribution in [0.15, 0.2) is 30.3 Å². The smallest absolute Gasteiger partial charge is 0.353 e. The summed E-state index contributed by atoms with van der Waals surface area (Å²) in [6.45, 7) is 5.77. The second kappa shape index (κ2) is 9.41. The van der Waals surface area contributed by atoms with Gasteiger partial charge in [-0.1, -0.05) is 18.2 Å². The number of nitrogens with zero attached hydrogens (tertiary/aromatic N) is 2. The molecular weight excluding hydrogens is 364 g/mol. The van der Waals surface area contributed by atoms with Crippen LogP contribution in [0.3, 0.4) is 0 Å². The highest BCUT2D eigenvalue weighted by Gasteiger charge is 2.37. The van der Waals surface area contributed by atoms with E-state index in [-0.39, 0.29) is 13.0 Å². The molecule has 1 atom stereocenters. The van der Waals surface area contributed by atoms with E-state index in [4.69, 9.17) is 9.84 Å². The quantitative estimate of drug-likeness (QED) is 0.503. The van der Waals surface area contributed by atoms with Crippen LogP contribution in [0.25, 0.3) is 0 Å². The third-order valence-electron chi connectivity index (χ3n) is 3.95. The van der Waals surface area contributed by atoms with E-state index in [1.165, 1.54) is 10.0 Å². The zero-order chi connectivity index (χ0) is 20.7. The van der Waals surface area contributed by atoms with Gasteiger partial charge in [0, 0.05) is 6.54 Å². The number of carbonyl (C=O) groups is 3. The first-order valence-corrected chi connectivity index (χ1v) is 9.28. The highest BCUT2D eigenvalue weighted by atomic mass is 16.6. The lowest BCUT2D eigenvalue weighted by atomic mass is 10.1. The fourth-order valence-corrected chi connectivity index (χ4v) is 2.73. The Bertz CT molecular complexity index is 689. The number of urea groups is 1. The van der Waals surface area contributed by atoms with Crippen LogP contribution >= 0.6 is 0 Å². The van der Waals surface area contributed by atoms with Gasteiger partial charge in [0.1, 0.15) is 11.6 Å². The molecule has 0 spiro atoms. The van der Waals surface area contributed by atoms with E-state index in [9.17, 15) is 14.4 Å². The number of hydrazine groups is 2. The highest BCUT2D eigenvalue weighted by molar-refractivity contribution is 5.84. The predicted octanol–water partition coefficient (Wildman–Crippen LogP) is 2.22. The van der Waals surface area contributed by atoms with Gasteiger partial charge in [-0.15, -0.1) is 0 Å². The molecule has 3 N–H and O–H groups in total. The standard InChI is InChI=1S/C19H28N4O5/c1-19(2,3)28-17(26)15-10-7-12-20-23(15)18(27)22(13-11-16(24)25)21-14-8-5-4-6-9-14/h4-6,8-9,15,20-21H,7,10-13H2,1-3H3,(H,24,25)/t15-/m0/s1. The van der Waals surface area contributed by atoms with Gasteiger partial charge in [0.25, 0.3) is 0 Å². The van der Waals surface area contributed by atoms with Gasteiger partial charge in [0.2, 0.25) is 0 Å². The average Bonchev–Trinajstić information content (AvgIpc) is 2.64. The summed E-state index contributed by atoms with van der Waals surface area (Å²) in [4.78, 5) is 36.7. The molecule has 0 unspecified atom stereocenters. The van der Waals surface area contributed by atoms with Crippen LogP contribution in [0.4, 0.5) is 10.5 Å². The zero-order valence-electron chi connectivity index (χ0n) is 16.5. The number of esters is 1. The summed E-state index contributed by atoms with van der Waals surface area (Å²) >= 11 is 0. The molecule has 2 amide bonds. The van der Waals surface area contributed by atoms with E-state index in [0.29, 0.717) is 18.7 Å². The molecular formula is C19H28N4O5. The summed E-state index contributed by atoms with van der Waals surface area (Å²) in [5.41, 5.74) is 5.83. The van der Waals surface area contributed by atoms with Crippen molar-refractivity contribution in [2.75, 3.05) is 18.5 Å². The number of anilines is 1. The maximum Gasteiger partial charge on any atom is 0.353 e. The molecule has 9 heteroatoms. The van der Waals surface area contributed by atoms with Crippen LogP contribution in [0.5, 0.6) is 0 Å². The van der Waals surface area contributed by atoms with E-state index >= 15 is 0 Å². The maximum atomic E-state index is 13.1. The van der Waals surface area contributed by atoms with Gasteiger partial charge in [-0.05, 0) is 45.7 Å². The number of nitrogens with one attached hydrogen (secondary N) is 2. The molecule has 0 radical (unpaired) electrons. The van der Waals surface area contributed by atoms with Gasteiger partial charge < -0.3 is 9.84 Å². The van der Waals surface area contributed by atoms with E-state index in [1.807, 2.05) is 6.07 Å². The summed E-state index contributed by atoms with van der Waals surface area (Å²) in [7, 11) is 0. The average molecular weight is 392 g/mol. The number of hydrogen-bond acceptors (Lipinski definition) is 6. The fraction of sp³-hybridized carbons (Fsp3) is 0.526. The van der Waals surface area contributed by atoms with Crippen molar-refractivity contribution < 1.29 is 24.2 Å². The number of hydrogen-bond donors (Lipinski definition) is 3. The first-order valence-electron chi connectivity index (χ1n) is 9.28. The van der Waals surface area contributed by atoms with E-state index in [1.54, 1.807) is 45.0 Å². The van der Waals surface area contributed by atoms with Crippen molar-refractivity contribution in [1.82, 2.24) is 15.4 Å². The Morgan fingerprint density at radius 1 is 1.29 bits per heavy atom. The van der Waals surface area contributed by atoms with E-state index in [0.717, 1.165) is 6.42 Å². The molecule has 1 aromatic carbocycles. The number of carboxylic acids is 1. The molecule has 1 aliphatic rings. The Kier molecular flexibility index (Phi) is 7.22. The lowest BCUT2D eigenvalue weighted by molar-refractivity contribution is -0.163. The first-order chi connectivity index (χ1) is 13.2. The van der Waals surface area contributed by atoms with Crippen molar-refractivity contribution in [1.29, 1.82) is 0 Å². The van der Waals surface area contributed by atoms with Crippen molar-refractivity contribution in [2.45, 2.75) is 51.7 Å². The fourth-order valence-electron chi connectivity index (χ4n) is 2.73. The number of rotatable bonds is 6. The van der Waals surface area contributed by atoms with Gasteiger partial charge >= 0.3 is 18.0 Å². The molecule has 0 saturated carbocycles. The number of para-hydroxylation sites is 1. The largest absolute Gasteiger partial charge is 0.481 e. The second-order valence-electron chi connectivity index (χ2n) is 7.53. The van der Waals surface area contributed by atoms with Crippen LogP contribution in [0.2, 0.25) is 0 Å². The molecule has 2 rings (SSSR count). The van der Waals surface area contributed by atoms with Crippen LogP contribution in [-0.2, 0) is 14.3 Å². The Morgan fingerprint density at radius 2 is 1.96 bits per heavy atom. The van der Waals surface area contributed by atoms with E-state index in [2.05, 4.69) is 10.9 Å². The number of benzene rings is 1. The van der Waals surface area contributed by atoms with Crippen molar-refractivity contribution in [2.24, 2.45) is 0 Å². The van der Waals surface area contributed by atoms with Crippen LogP contribution in [0.1, 0.15) is 40.0 Å². The number of amides is 2. The number of aliphatic carboxylic acids is 1. The predicted molar refractivity (Wildman–Crippen MR) is 103 cm³/mol. The molecule has 9 nitrogen and oxygen atoms in total. The Balaban J connectivity index is 2.18. The van der Waals surface area contributed by atoms with Crippen LogP contribution in [0, 0.1) is 0 Å². The summed E-state index contributed by atoms with van der Waals surface area (Å²) in [6.07, 6.45) is 0.942. The van der Waals surface area contributed by atoms with Crippen LogP contribution < -0.4 is 10.9 Å². The Morgan fingerprint density at radius 3 is 2.57 bits per heavy atom. The van der Waals surface area contributed by atoms with E-state index < -0.39 is 29.6 Å². The Labute approximate surface area is 164 Å². The molecule has 1 aliphatic heterocycles. The number of carboxylic acid groups (broad SMARTS) is 1. The van der Waals surface area contributed by atoms with Gasteiger partial charge in [-0.2, -0.15) is 0 Å². The van der Waals surface area contributed by atoms with Crippen molar-refractivity contribution in [3.63, 3.8) is 0 Å². The third-order valence-corrected chi connectivity index (χ3v) is 3.95. The summed E-state index contributed by atoms with van der Waals surface area (Å²) in [6, 6.07) is 7.62. The second-order valence-corrected chi connectivity index (χ2v) is 7.53. The van der Waals surface area contributed by atoms with Gasteiger partial charge in [0.15, 0.2) is 0 Å². The SMILES string of the molecule is CC(C)(C)OC(=O)[C@@H]1CCCNN1C(=O)N(CCC(=O)O)Nc1ccccc1. The molecule has 28 heavy (non-hydrogen) atoms. The van der Waals surface area contributed by atoms with Crippen molar-refractivity contribution >= 4 is 23.7 Å². The molecule has 1 aromatic rings. The van der Waals surface area contributed by atoms with Gasteiger partial charge in [-0.25, -0.2) is 25.0 Å². The highest BCUT2D eigenvalue weighted by Crippen LogP contribution is 2.19. The van der Waals surface area contributed by atoms with Gasteiger partial charge in [0.05, 0.1) is 18.7 Å². The van der Waals surface area contributed by atoms with Crippen LogP contribution in [-0.4, -0.2) is 57.8 Å². The minimum Gasteiger partial charge on any atom is -0.481 e. The molecule has 1 fully saturated rings. The topological polar surface area (TPSA) is 111 Å². The lowest BCUT2D eigenvalue weighted by Gasteiger charge is -2.38. The van der Waals surface area contributed by atoms with Crippen molar-refractivity contribution in [3.05, 3.63) is 30.3 Å². The molecule has 0 bridgehead atoms. The molecule has 0 aliphatic carbocycles. The zero-order valence-corrected chi connectivity index (χ0v) is 16.5. The third kappa shape index (κ3) is 6.41. The lowest BCUT2D eigenvalue weighted by Crippen LogP contribution is -2.61. The normalized spacial score (nSPS) is 17.0. The first kappa shape index (κ1) is 21.5. The molecule has 1 heterocycles. The Hall–Kier alpha value is -2.81. The molecule has 0 aromatic heterocycles. The number of carbonyl (C=O) groups excluding carboxylic acids is 2. The summed E-state index contributed by atoms with van der Waals surface area (Å²) in [5, 5.41) is 11.4. The van der Waals surface area contributed by atoms with Gasteiger partial charge in [-0.3, -0.25) is 10.2 Å². The molecule has 154 valence electrons. The minimum atomic E-state index is -1.03. The summed E-state index contributed by atoms with van der Waals surface area (Å²) in [5.74, 6) is -1.52. The maximum absolute atomic E-state index is 13.1. The molecule has 1 saturated heterocycles. The van der Waals surface area contributed by atoms with Crippen molar-refractivity contribution in [3.8, 4) is 0 Å². The summed E-state index contributed by atoms with van der Waals surface area (Å²) < 4.78 is 5.45. The number of ether oxygens (including phenoxy) is 1. The minimum absolute atomic E-state index is 0.0672.